The maximum absolute atomic E-state index is 17.9. The van der Waals surface area contributed by atoms with Crippen LogP contribution in [-0.2, 0) is 26.1 Å². The molecule has 11 nitrogen and oxygen atoms in total. The third kappa shape index (κ3) is 7.03. The molecule has 3 aliphatic rings. The van der Waals surface area contributed by atoms with Crippen molar-refractivity contribution >= 4 is 39.4 Å². The van der Waals surface area contributed by atoms with Gasteiger partial charge in [0.15, 0.2) is 12.6 Å². The summed E-state index contributed by atoms with van der Waals surface area (Å²) in [5, 5.41) is 14.7. The Morgan fingerprint density at radius 1 is 1.13 bits per heavy atom. The van der Waals surface area contributed by atoms with Gasteiger partial charge in [0.05, 0.1) is 11.5 Å². The van der Waals surface area contributed by atoms with E-state index in [1.165, 1.54) is 7.11 Å². The number of aromatic nitrogens is 1. The first-order chi connectivity index (χ1) is 25.9. The molecule has 1 unspecified atom stereocenters. The van der Waals surface area contributed by atoms with Gasteiger partial charge in [0, 0.05) is 49.2 Å². The van der Waals surface area contributed by atoms with E-state index >= 15 is 4.39 Å². The van der Waals surface area contributed by atoms with E-state index in [1.807, 2.05) is 63.2 Å². The molecule has 0 radical (unpaired) electrons. The summed E-state index contributed by atoms with van der Waals surface area (Å²) in [5.41, 5.74) is 0.760. The van der Waals surface area contributed by atoms with Gasteiger partial charge in [-0.3, -0.25) is 4.79 Å². The Bertz CT molecular complexity index is 2140. The lowest BCUT2D eigenvalue weighted by Crippen LogP contribution is -2.52. The molecule has 4 aromatic rings. The van der Waals surface area contributed by atoms with Gasteiger partial charge >= 0.3 is 6.09 Å². The summed E-state index contributed by atoms with van der Waals surface area (Å²) in [6.07, 6.45) is 3.63. The SMILES string of the molecule is COCOc1cc(-c2c(CCCC#N)cc3c4c(c(OC[C@@H]5CCCN5C)nc3c2F)NC(=O)C42CCCN(C(=O)OC(C)(C)C)C2)c2ccccc2c1. The lowest BCUT2D eigenvalue weighted by atomic mass is 9.73. The highest BCUT2D eigenvalue weighted by atomic mass is 19.1. The quantitative estimate of drug-likeness (QED) is 0.129. The standard InChI is InChI=1S/C42H48FN5O6/c1-41(2,3)54-40(50)48-19-11-16-42(24-48)34-32-21-27(13-8-9-17-44)33(31-22-29(53-25-51-5)20-26-12-6-7-15-30(26)31)35(43)36(32)45-38(37(34)46-39(42)49)52-23-28-14-10-18-47(28)4/h6-7,12,15,20-22,28H,8-11,13-14,16,18-19,23-25H2,1-5H3,(H,46,49)/t28-,42?/m0/s1. The number of rotatable bonds is 10. The Balaban J connectivity index is 1.47. The highest BCUT2D eigenvalue weighted by Gasteiger charge is 2.53. The number of likely N-dealkylation sites (tertiary alicyclic amines) is 2. The molecule has 0 saturated carbocycles. The number of aryl methyl sites for hydroxylation is 1. The first-order valence-electron chi connectivity index (χ1n) is 18.8. The zero-order chi connectivity index (χ0) is 38.2. The summed E-state index contributed by atoms with van der Waals surface area (Å²) in [6, 6.07) is 15.7. The molecule has 1 aromatic heterocycles. The van der Waals surface area contributed by atoms with E-state index in [4.69, 9.17) is 23.9 Å². The molecule has 0 aliphatic carbocycles. The maximum Gasteiger partial charge on any atom is 0.410 e. The fraction of sp³-hybridized carbons (Fsp3) is 0.476. The van der Waals surface area contributed by atoms with Gasteiger partial charge in [-0.2, -0.15) is 5.26 Å². The number of nitrogens with one attached hydrogen (secondary N) is 1. The Morgan fingerprint density at radius 2 is 1.94 bits per heavy atom. The minimum absolute atomic E-state index is 0.0149. The van der Waals surface area contributed by atoms with Crippen LogP contribution in [0.1, 0.15) is 70.4 Å². The number of hydrogen-bond acceptors (Lipinski definition) is 9. The van der Waals surface area contributed by atoms with Crippen LogP contribution in [0.25, 0.3) is 32.8 Å². The molecule has 54 heavy (non-hydrogen) atoms. The number of methoxy groups -OCH3 is 1. The Morgan fingerprint density at radius 3 is 2.69 bits per heavy atom. The van der Waals surface area contributed by atoms with Crippen LogP contribution < -0.4 is 14.8 Å². The topological polar surface area (TPSA) is 126 Å². The van der Waals surface area contributed by atoms with Crippen molar-refractivity contribution in [3.05, 3.63) is 59.4 Å². The number of anilines is 1. The minimum atomic E-state index is -1.20. The van der Waals surface area contributed by atoms with Crippen molar-refractivity contribution in [3.63, 3.8) is 0 Å². The molecule has 2 fully saturated rings. The van der Waals surface area contributed by atoms with Gasteiger partial charge < -0.3 is 34.1 Å². The zero-order valence-electron chi connectivity index (χ0n) is 31.7. The lowest BCUT2D eigenvalue weighted by Gasteiger charge is -2.39. The summed E-state index contributed by atoms with van der Waals surface area (Å²) in [4.78, 5) is 36.5. The van der Waals surface area contributed by atoms with Crippen molar-refractivity contribution in [2.24, 2.45) is 0 Å². The van der Waals surface area contributed by atoms with Gasteiger partial charge in [-0.05, 0) is 113 Å². The van der Waals surface area contributed by atoms with Gasteiger partial charge in [0.2, 0.25) is 11.8 Å². The number of ether oxygens (including phenoxy) is 4. The molecule has 4 heterocycles. The predicted octanol–water partition coefficient (Wildman–Crippen LogP) is 7.72. The molecule has 0 bridgehead atoms. The van der Waals surface area contributed by atoms with Gasteiger partial charge in [0.1, 0.15) is 29.2 Å². The number of carbonyl (C=O) groups is 2. The Hall–Kier alpha value is -4.99. The molecule has 1 spiro atoms. The summed E-state index contributed by atoms with van der Waals surface area (Å²) in [6.45, 7) is 7.19. The van der Waals surface area contributed by atoms with E-state index in [1.54, 1.807) is 4.90 Å². The number of carbonyl (C=O) groups excluding carboxylic acids is 2. The largest absolute Gasteiger partial charge is 0.475 e. The second kappa shape index (κ2) is 15.0. The highest BCUT2D eigenvalue weighted by molar-refractivity contribution is 6.13. The van der Waals surface area contributed by atoms with E-state index < -0.39 is 22.9 Å². The number of benzene rings is 3. The summed E-state index contributed by atoms with van der Waals surface area (Å²) < 4.78 is 41.2. The van der Waals surface area contributed by atoms with Gasteiger partial charge in [-0.15, -0.1) is 0 Å². The number of halogens is 1. The number of amides is 2. The second-order valence-electron chi connectivity index (χ2n) is 15.7. The predicted molar refractivity (Wildman–Crippen MR) is 204 cm³/mol. The Kier molecular flexibility index (Phi) is 10.4. The average molecular weight is 738 g/mol. The van der Waals surface area contributed by atoms with Crippen molar-refractivity contribution < 1.29 is 32.9 Å². The molecule has 2 saturated heterocycles. The van der Waals surface area contributed by atoms with Crippen LogP contribution in [-0.4, -0.2) is 85.6 Å². The van der Waals surface area contributed by atoms with Crippen molar-refractivity contribution in [1.82, 2.24) is 14.8 Å². The number of unbranched alkanes of at least 4 members (excludes halogenated alkanes) is 1. The third-order valence-electron chi connectivity index (χ3n) is 10.8. The van der Waals surface area contributed by atoms with E-state index in [-0.39, 0.29) is 43.1 Å². The fourth-order valence-corrected chi connectivity index (χ4v) is 8.29. The average Bonchev–Trinajstić information content (AvgIpc) is 3.68. The van der Waals surface area contributed by atoms with Crippen LogP contribution in [0.2, 0.25) is 0 Å². The van der Waals surface area contributed by atoms with Crippen molar-refractivity contribution in [3.8, 4) is 28.8 Å². The number of likely N-dealkylation sites (N-methyl/N-ethyl adjacent to an activating group) is 1. The number of hydrogen-bond donors (Lipinski definition) is 1. The van der Waals surface area contributed by atoms with Crippen LogP contribution in [0, 0.1) is 17.1 Å². The summed E-state index contributed by atoms with van der Waals surface area (Å²) in [7, 11) is 3.59. The normalized spacial score (nSPS) is 20.0. The number of nitriles is 1. The molecular weight excluding hydrogens is 689 g/mol. The van der Waals surface area contributed by atoms with E-state index in [2.05, 4.69) is 23.3 Å². The number of pyridine rings is 1. The molecule has 7 rings (SSSR count). The number of piperidine rings is 1. The molecule has 12 heteroatoms. The van der Waals surface area contributed by atoms with Crippen LogP contribution in [0.3, 0.4) is 0 Å². The lowest BCUT2D eigenvalue weighted by molar-refractivity contribution is -0.122. The minimum Gasteiger partial charge on any atom is -0.475 e. The maximum atomic E-state index is 17.9. The Labute approximate surface area is 315 Å². The van der Waals surface area contributed by atoms with Crippen molar-refractivity contribution in [2.75, 3.05) is 52.5 Å². The van der Waals surface area contributed by atoms with Crippen LogP contribution >= 0.6 is 0 Å². The smallest absolute Gasteiger partial charge is 0.410 e. The van der Waals surface area contributed by atoms with Crippen molar-refractivity contribution in [2.45, 2.75) is 82.8 Å². The van der Waals surface area contributed by atoms with E-state index in [9.17, 15) is 14.9 Å². The molecule has 3 aliphatic heterocycles. The van der Waals surface area contributed by atoms with Crippen LogP contribution in [0.15, 0.2) is 42.5 Å². The van der Waals surface area contributed by atoms with Crippen LogP contribution in [0.4, 0.5) is 14.9 Å². The molecule has 3 aromatic carbocycles. The van der Waals surface area contributed by atoms with Gasteiger partial charge in [-0.25, -0.2) is 14.2 Å². The summed E-state index contributed by atoms with van der Waals surface area (Å²) >= 11 is 0. The highest BCUT2D eigenvalue weighted by Crippen LogP contribution is 2.52. The molecule has 2 atom stereocenters. The molecule has 1 N–H and O–H groups in total. The van der Waals surface area contributed by atoms with E-state index in [0.29, 0.717) is 77.9 Å². The third-order valence-corrected chi connectivity index (χ3v) is 10.8. The number of fused-ring (bicyclic) bond motifs is 5. The van der Waals surface area contributed by atoms with Gasteiger partial charge in [0.25, 0.3) is 0 Å². The zero-order valence-corrected chi connectivity index (χ0v) is 31.7. The van der Waals surface area contributed by atoms with Crippen molar-refractivity contribution in [1.29, 1.82) is 5.26 Å². The second-order valence-corrected chi connectivity index (χ2v) is 15.7. The van der Waals surface area contributed by atoms with Gasteiger partial charge in [-0.1, -0.05) is 24.3 Å². The summed E-state index contributed by atoms with van der Waals surface area (Å²) in [5.74, 6) is -0.180. The van der Waals surface area contributed by atoms with Crippen LogP contribution in [0.5, 0.6) is 11.6 Å². The molecular formula is C42H48FN5O6. The first-order valence-corrected chi connectivity index (χ1v) is 18.8. The molecule has 2 amide bonds. The fourth-order valence-electron chi connectivity index (χ4n) is 8.29. The van der Waals surface area contributed by atoms with E-state index in [0.717, 1.165) is 30.2 Å². The molecule has 284 valence electrons. The number of nitrogens with zero attached hydrogens (tertiary/aromatic N) is 4. The monoisotopic (exact) mass is 737 g/mol. The first kappa shape index (κ1) is 37.3.